The summed E-state index contributed by atoms with van der Waals surface area (Å²) < 4.78 is 5.22. The van der Waals surface area contributed by atoms with Gasteiger partial charge in [0.1, 0.15) is 11.6 Å². The van der Waals surface area contributed by atoms with Crippen molar-refractivity contribution in [2.75, 3.05) is 37.4 Å². The van der Waals surface area contributed by atoms with E-state index in [0.717, 1.165) is 37.4 Å². The molecule has 0 fully saturated rings. The van der Waals surface area contributed by atoms with Crippen LogP contribution in [0, 0.1) is 12.3 Å². The summed E-state index contributed by atoms with van der Waals surface area (Å²) >= 11 is 5.65. The fourth-order valence-electron chi connectivity index (χ4n) is 4.18. The van der Waals surface area contributed by atoms with Gasteiger partial charge in [0.25, 0.3) is 0 Å². The van der Waals surface area contributed by atoms with E-state index < -0.39 is 0 Å². The topological polar surface area (TPSA) is 123 Å². The number of rotatable bonds is 7. The van der Waals surface area contributed by atoms with Gasteiger partial charge in [-0.15, -0.1) is 0 Å². The van der Waals surface area contributed by atoms with Crippen LogP contribution in [0.25, 0.3) is 0 Å². The zero-order chi connectivity index (χ0) is 29.8. The highest BCUT2D eigenvalue weighted by molar-refractivity contribution is 6.31. The van der Waals surface area contributed by atoms with E-state index >= 15 is 0 Å². The molecule has 9 nitrogen and oxygen atoms in total. The highest BCUT2D eigenvalue weighted by atomic mass is 35.5. The molecule has 4 N–H and O–H groups in total. The van der Waals surface area contributed by atoms with E-state index in [1.165, 1.54) is 18.1 Å². The van der Waals surface area contributed by atoms with E-state index in [2.05, 4.69) is 44.6 Å². The predicted octanol–water partition coefficient (Wildman–Crippen LogP) is 6.51. The van der Waals surface area contributed by atoms with Gasteiger partial charge in [0.2, 0.25) is 11.9 Å². The SMILES string of the molecule is CC.COCCN1CCc2cc(Nc3ncc(C(C)=N)c(NC(C)=O)n3)ccc2C1C.Cc1c(O)cccc1Cl. The molecule has 0 radical (unpaired) electrons. The second-order valence-electron chi connectivity index (χ2n) is 9.14. The minimum Gasteiger partial charge on any atom is -0.508 e. The summed E-state index contributed by atoms with van der Waals surface area (Å²) in [6.07, 6.45) is 2.53. The van der Waals surface area contributed by atoms with E-state index in [9.17, 15) is 4.79 Å². The molecule has 10 heteroatoms. The zero-order valence-electron chi connectivity index (χ0n) is 24.4. The van der Waals surface area contributed by atoms with E-state index in [1.54, 1.807) is 45.4 Å². The van der Waals surface area contributed by atoms with Crippen molar-refractivity contribution in [3.8, 4) is 5.75 Å². The van der Waals surface area contributed by atoms with Crippen molar-refractivity contribution in [3.05, 3.63) is 69.9 Å². The molecule has 1 aliphatic heterocycles. The fraction of sp³-hybridized carbons (Fsp3) is 0.400. The second-order valence-corrected chi connectivity index (χ2v) is 9.55. The van der Waals surface area contributed by atoms with Gasteiger partial charge in [0.15, 0.2) is 0 Å². The predicted molar refractivity (Wildman–Crippen MR) is 163 cm³/mol. The van der Waals surface area contributed by atoms with Gasteiger partial charge in [0.05, 0.1) is 12.2 Å². The number of benzene rings is 2. The molecule has 1 unspecified atom stereocenters. The molecule has 0 bridgehead atoms. The van der Waals surface area contributed by atoms with E-state index in [4.69, 9.17) is 26.9 Å². The van der Waals surface area contributed by atoms with Crippen LogP contribution >= 0.6 is 11.6 Å². The first-order chi connectivity index (χ1) is 19.1. The highest BCUT2D eigenvalue weighted by Crippen LogP contribution is 2.31. The minimum atomic E-state index is -0.238. The number of hydrogen-bond acceptors (Lipinski definition) is 8. The Bertz CT molecular complexity index is 1280. The Morgan fingerprint density at radius 1 is 1.25 bits per heavy atom. The number of carbonyl (C=O) groups excluding carboxylic acids is 1. The monoisotopic (exact) mass is 568 g/mol. The summed E-state index contributed by atoms with van der Waals surface area (Å²) in [7, 11) is 1.73. The number of phenolic OH excluding ortho intramolecular Hbond substituents is 1. The zero-order valence-corrected chi connectivity index (χ0v) is 25.2. The lowest BCUT2D eigenvalue weighted by Crippen LogP contribution is -2.36. The number of fused-ring (bicyclic) bond motifs is 1. The number of ether oxygens (including phenoxy) is 1. The van der Waals surface area contributed by atoms with Crippen LogP contribution in [0.1, 0.15) is 62.9 Å². The number of halogens is 1. The Balaban J connectivity index is 0.000000428. The Morgan fingerprint density at radius 2 is 1.98 bits per heavy atom. The number of amides is 1. The third kappa shape index (κ3) is 9.01. The smallest absolute Gasteiger partial charge is 0.229 e. The molecule has 40 heavy (non-hydrogen) atoms. The molecule has 4 rings (SSSR count). The molecule has 3 aromatic rings. The third-order valence-corrected chi connectivity index (χ3v) is 6.78. The molecule has 0 saturated carbocycles. The lowest BCUT2D eigenvalue weighted by atomic mass is 9.93. The van der Waals surface area contributed by atoms with Crippen molar-refractivity contribution in [1.29, 1.82) is 5.41 Å². The average Bonchev–Trinajstić information content (AvgIpc) is 2.92. The van der Waals surface area contributed by atoms with Crippen LogP contribution in [-0.4, -0.2) is 58.4 Å². The molecular formula is C30H41ClN6O3. The molecule has 1 atom stereocenters. The quantitative estimate of drug-likeness (QED) is 0.239. The van der Waals surface area contributed by atoms with Crippen LogP contribution < -0.4 is 10.6 Å². The number of nitrogens with zero attached hydrogens (tertiary/aromatic N) is 3. The molecule has 0 saturated heterocycles. The van der Waals surface area contributed by atoms with Gasteiger partial charge in [-0.3, -0.25) is 9.69 Å². The number of hydrogen-bond donors (Lipinski definition) is 4. The lowest BCUT2D eigenvalue weighted by molar-refractivity contribution is -0.114. The number of aromatic nitrogens is 2. The van der Waals surface area contributed by atoms with Crippen molar-refractivity contribution in [2.24, 2.45) is 0 Å². The Hall–Kier alpha value is -3.53. The first kappa shape index (κ1) is 32.7. The normalized spacial score (nSPS) is 14.1. The van der Waals surface area contributed by atoms with Crippen LogP contribution in [0.4, 0.5) is 17.5 Å². The molecule has 0 aliphatic carbocycles. The van der Waals surface area contributed by atoms with Crippen molar-refractivity contribution in [3.63, 3.8) is 0 Å². The standard InChI is InChI=1S/C21H28N6O2.C7H7ClO.C2H6/c1-13(22)19-12-23-21(26-20(19)24-15(3)28)25-17-5-6-18-14(2)27(9-10-29-4)8-7-16(18)11-17;1-5-6(8)3-2-4-7(5)9;1-2/h5-6,11-12,14,22H,7-10H2,1-4H3,(H2,23,24,25,26,28);2-4,9H,1H3;1-2H3. The number of phenols is 1. The number of carbonyl (C=O) groups is 1. The minimum absolute atomic E-state index is 0.238. The number of anilines is 3. The number of aromatic hydroxyl groups is 1. The highest BCUT2D eigenvalue weighted by Gasteiger charge is 2.23. The Kier molecular flexibility index (Phi) is 13.0. The maximum atomic E-state index is 11.5. The summed E-state index contributed by atoms with van der Waals surface area (Å²) in [6.45, 7) is 13.7. The largest absolute Gasteiger partial charge is 0.508 e. The second kappa shape index (κ2) is 15.9. The third-order valence-electron chi connectivity index (χ3n) is 6.37. The van der Waals surface area contributed by atoms with Crippen LogP contribution in [0.5, 0.6) is 5.75 Å². The van der Waals surface area contributed by atoms with E-state index in [-0.39, 0.29) is 11.7 Å². The van der Waals surface area contributed by atoms with E-state index in [0.29, 0.717) is 34.1 Å². The molecule has 0 spiro atoms. The summed E-state index contributed by atoms with van der Waals surface area (Å²) in [5.41, 5.74) is 5.06. The average molecular weight is 569 g/mol. The van der Waals surface area contributed by atoms with Gasteiger partial charge in [-0.2, -0.15) is 4.98 Å². The Morgan fingerprint density at radius 3 is 2.58 bits per heavy atom. The maximum absolute atomic E-state index is 11.5. The molecule has 1 aromatic heterocycles. The number of methoxy groups -OCH3 is 1. The first-order valence-corrected chi connectivity index (χ1v) is 13.8. The number of nitrogens with one attached hydrogen (secondary N) is 3. The summed E-state index contributed by atoms with van der Waals surface area (Å²) in [5, 5.41) is 23.3. The summed E-state index contributed by atoms with van der Waals surface area (Å²) in [6, 6.07) is 11.7. The van der Waals surface area contributed by atoms with Gasteiger partial charge in [-0.05, 0) is 62.6 Å². The summed E-state index contributed by atoms with van der Waals surface area (Å²) in [5.74, 6) is 0.729. The van der Waals surface area contributed by atoms with Gasteiger partial charge >= 0.3 is 0 Å². The van der Waals surface area contributed by atoms with Gasteiger partial charge < -0.3 is 25.9 Å². The van der Waals surface area contributed by atoms with Crippen LogP contribution in [-0.2, 0) is 16.0 Å². The van der Waals surface area contributed by atoms with Gasteiger partial charge in [-0.1, -0.05) is 37.6 Å². The summed E-state index contributed by atoms with van der Waals surface area (Å²) in [4.78, 5) is 22.6. The molecular weight excluding hydrogens is 528 g/mol. The van der Waals surface area contributed by atoms with E-state index in [1.807, 2.05) is 19.9 Å². The van der Waals surface area contributed by atoms with Crippen molar-refractivity contribution >= 4 is 40.7 Å². The van der Waals surface area contributed by atoms with Crippen molar-refractivity contribution in [2.45, 2.75) is 54.0 Å². The van der Waals surface area contributed by atoms with Gasteiger partial charge in [-0.25, -0.2) is 4.98 Å². The Labute approximate surface area is 242 Å². The van der Waals surface area contributed by atoms with Crippen LogP contribution in [0.2, 0.25) is 5.02 Å². The first-order valence-electron chi connectivity index (χ1n) is 13.4. The van der Waals surface area contributed by atoms with Crippen molar-refractivity contribution in [1.82, 2.24) is 14.9 Å². The van der Waals surface area contributed by atoms with Gasteiger partial charge in [0, 0.05) is 61.3 Å². The lowest BCUT2D eigenvalue weighted by Gasteiger charge is -2.35. The molecule has 2 heterocycles. The molecule has 2 aromatic carbocycles. The molecule has 1 aliphatic rings. The molecule has 216 valence electrons. The van der Waals surface area contributed by atoms with Crippen LogP contribution in [0.15, 0.2) is 42.6 Å². The maximum Gasteiger partial charge on any atom is 0.229 e. The van der Waals surface area contributed by atoms with Crippen LogP contribution in [0.3, 0.4) is 0 Å². The molecule has 1 amide bonds. The fourth-order valence-corrected chi connectivity index (χ4v) is 4.35. The van der Waals surface area contributed by atoms with Crippen molar-refractivity contribution < 1.29 is 14.6 Å².